The van der Waals surface area contributed by atoms with Gasteiger partial charge in [-0.1, -0.05) is 72.3 Å². The van der Waals surface area contributed by atoms with Crippen LogP contribution in [0.4, 0.5) is 0 Å². The van der Waals surface area contributed by atoms with Gasteiger partial charge >= 0.3 is 11.9 Å². The molecule has 0 spiro atoms. The van der Waals surface area contributed by atoms with Gasteiger partial charge in [-0.25, -0.2) is 9.59 Å². The summed E-state index contributed by atoms with van der Waals surface area (Å²) in [6.07, 6.45) is 8.95. The third-order valence-corrected chi connectivity index (χ3v) is 7.89. The Morgan fingerprint density at radius 3 is 1.52 bits per heavy atom. The van der Waals surface area contributed by atoms with Gasteiger partial charge in [0.2, 0.25) is 0 Å². The maximum Gasteiger partial charge on any atom is 0.336 e. The van der Waals surface area contributed by atoms with Gasteiger partial charge in [0.15, 0.2) is 12.6 Å². The highest BCUT2D eigenvalue weighted by Crippen LogP contribution is 2.26. The van der Waals surface area contributed by atoms with Gasteiger partial charge in [-0.3, -0.25) is 0 Å². The van der Waals surface area contributed by atoms with Crippen LogP contribution in [0.1, 0.15) is 138 Å². The van der Waals surface area contributed by atoms with Gasteiger partial charge in [0.1, 0.15) is 0 Å². The van der Waals surface area contributed by atoms with Crippen LogP contribution < -0.4 is 0 Å². The summed E-state index contributed by atoms with van der Waals surface area (Å²) in [6.45, 7) is 14.7. The third kappa shape index (κ3) is 16.7. The molecule has 0 saturated heterocycles. The molecule has 266 valence electrons. The first-order valence-corrected chi connectivity index (χ1v) is 17.6. The van der Waals surface area contributed by atoms with Gasteiger partial charge in [-0.15, -0.1) is 0 Å². The normalized spacial score (nSPS) is 14.2. The van der Waals surface area contributed by atoms with Crippen molar-refractivity contribution in [1.29, 1.82) is 0 Å². The topological polar surface area (TPSA) is 130 Å². The van der Waals surface area contributed by atoms with Crippen molar-refractivity contribution in [3.8, 4) is 0 Å². The zero-order chi connectivity index (χ0) is 34.2. The number of aromatic carboxylic acids is 2. The van der Waals surface area contributed by atoms with Gasteiger partial charge < -0.3 is 38.6 Å². The van der Waals surface area contributed by atoms with Gasteiger partial charge in [0.05, 0.1) is 36.5 Å². The molecule has 46 heavy (non-hydrogen) atoms. The van der Waals surface area contributed by atoms with Crippen LogP contribution in [0.25, 0.3) is 0 Å². The summed E-state index contributed by atoms with van der Waals surface area (Å²) in [5.41, 5.74) is 0.713. The van der Waals surface area contributed by atoms with Crippen molar-refractivity contribution < 1.29 is 48.2 Å². The Morgan fingerprint density at radius 1 is 0.609 bits per heavy atom. The molecule has 0 amide bonds. The van der Waals surface area contributed by atoms with Crippen LogP contribution in [-0.2, 0) is 41.3 Å². The molecule has 1 aromatic rings. The van der Waals surface area contributed by atoms with Crippen LogP contribution in [0, 0.1) is 0 Å². The first-order chi connectivity index (χ1) is 22.3. The van der Waals surface area contributed by atoms with E-state index in [0.29, 0.717) is 51.3 Å². The number of hydrogen-bond donors (Lipinski definition) is 2. The maximum atomic E-state index is 12.5. The van der Waals surface area contributed by atoms with Crippen LogP contribution in [-0.4, -0.2) is 86.6 Å². The van der Waals surface area contributed by atoms with Crippen molar-refractivity contribution in [3.05, 3.63) is 34.4 Å². The van der Waals surface area contributed by atoms with E-state index in [-0.39, 0.29) is 43.0 Å². The average molecular weight is 655 g/mol. The number of rotatable bonds is 30. The van der Waals surface area contributed by atoms with Crippen LogP contribution in [0.15, 0.2) is 12.1 Å². The predicted molar refractivity (Wildman–Crippen MR) is 179 cm³/mol. The maximum absolute atomic E-state index is 12.5. The zero-order valence-corrected chi connectivity index (χ0v) is 29.4. The average Bonchev–Trinajstić information content (AvgIpc) is 3.04. The number of benzene rings is 1. The van der Waals surface area contributed by atoms with Crippen LogP contribution in [0.2, 0.25) is 0 Å². The molecule has 0 bridgehead atoms. The molecule has 0 heterocycles. The Kier molecular flexibility index (Phi) is 23.7. The minimum absolute atomic E-state index is 0.189. The highest BCUT2D eigenvalue weighted by molar-refractivity contribution is 6.03. The molecule has 0 fully saturated rings. The zero-order valence-electron chi connectivity index (χ0n) is 29.4. The van der Waals surface area contributed by atoms with E-state index < -0.39 is 24.5 Å². The van der Waals surface area contributed by atoms with E-state index in [1.165, 1.54) is 12.5 Å². The Bertz CT molecular complexity index is 953. The molecule has 10 nitrogen and oxygen atoms in total. The highest BCUT2D eigenvalue weighted by Gasteiger charge is 2.27. The molecule has 0 aromatic heterocycles. The van der Waals surface area contributed by atoms with E-state index in [4.69, 9.17) is 28.4 Å². The van der Waals surface area contributed by atoms with Gasteiger partial charge in [-0.2, -0.15) is 0 Å². The molecule has 4 unspecified atom stereocenters. The van der Waals surface area contributed by atoms with E-state index in [9.17, 15) is 19.8 Å². The lowest BCUT2D eigenvalue weighted by molar-refractivity contribution is -0.179. The minimum atomic E-state index is -1.29. The number of carbonyl (C=O) groups is 2. The first-order valence-electron chi connectivity index (χ1n) is 17.6. The smallest absolute Gasteiger partial charge is 0.336 e. The van der Waals surface area contributed by atoms with E-state index in [1.54, 1.807) is 6.07 Å². The van der Waals surface area contributed by atoms with E-state index >= 15 is 0 Å². The SMILES string of the molecule is CCCCCCOC(COC(CC)Cc1ccc(C(=O)O)c(C(=O)O)c1CC(CC)OCC(OCC)OCCCCCC)OCC. The summed E-state index contributed by atoms with van der Waals surface area (Å²) in [7, 11) is 0. The summed E-state index contributed by atoms with van der Waals surface area (Å²) in [4.78, 5) is 24.6. The largest absolute Gasteiger partial charge is 0.478 e. The van der Waals surface area contributed by atoms with Crippen LogP contribution in [0.5, 0.6) is 0 Å². The predicted octanol–water partition coefficient (Wildman–Crippen LogP) is 7.68. The van der Waals surface area contributed by atoms with Crippen LogP contribution in [0.3, 0.4) is 0 Å². The second-order valence-corrected chi connectivity index (χ2v) is 11.5. The standard InChI is InChI=1S/C36H62O10/c1-7-13-15-17-21-43-32(41-11-5)25-45-28(9-3)23-27-19-20-30(35(37)38)34(36(39)40)31(27)24-29(10-4)46-26-33(42-12-6)44-22-18-16-14-8-2/h19-20,28-29,32-33H,7-18,21-26H2,1-6H3,(H,37,38)(H,39,40). The number of carboxylic acid groups (broad SMARTS) is 2. The molecule has 10 heteroatoms. The molecule has 1 aromatic carbocycles. The highest BCUT2D eigenvalue weighted by atomic mass is 16.7. The van der Waals surface area contributed by atoms with Crippen molar-refractivity contribution in [2.75, 3.05) is 39.6 Å². The molecule has 1 rings (SSSR count). The van der Waals surface area contributed by atoms with Crippen LogP contribution >= 0.6 is 0 Å². The van der Waals surface area contributed by atoms with Crippen molar-refractivity contribution in [2.45, 2.75) is 143 Å². The number of hydrogen-bond acceptors (Lipinski definition) is 8. The molecule has 0 aliphatic carbocycles. The molecule has 4 atom stereocenters. The lowest BCUT2D eigenvalue weighted by Crippen LogP contribution is -2.30. The first kappa shape index (κ1) is 41.9. The second-order valence-electron chi connectivity index (χ2n) is 11.5. The molecule has 0 radical (unpaired) electrons. The molecule has 0 aliphatic rings. The monoisotopic (exact) mass is 654 g/mol. The van der Waals surface area contributed by atoms with Gasteiger partial charge in [-0.05, 0) is 69.6 Å². The molecule has 0 saturated carbocycles. The van der Waals surface area contributed by atoms with E-state index in [2.05, 4.69) is 13.8 Å². The summed E-state index contributed by atoms with van der Waals surface area (Å²) in [6, 6.07) is 3.08. The van der Waals surface area contributed by atoms with E-state index in [0.717, 1.165) is 50.5 Å². The summed E-state index contributed by atoms with van der Waals surface area (Å²) >= 11 is 0. The fourth-order valence-corrected chi connectivity index (χ4v) is 5.23. The Labute approximate surface area is 277 Å². The summed E-state index contributed by atoms with van der Waals surface area (Å²) < 4.78 is 35.8. The minimum Gasteiger partial charge on any atom is -0.478 e. The fourth-order valence-electron chi connectivity index (χ4n) is 5.23. The fraction of sp³-hybridized carbons (Fsp3) is 0.778. The molecule has 0 aliphatic heterocycles. The van der Waals surface area contributed by atoms with Gasteiger partial charge in [0.25, 0.3) is 0 Å². The Balaban J connectivity index is 3.12. The summed E-state index contributed by atoms with van der Waals surface area (Å²) in [5.74, 6) is -2.57. The Morgan fingerprint density at radius 2 is 1.11 bits per heavy atom. The molecule has 2 N–H and O–H groups in total. The summed E-state index contributed by atoms with van der Waals surface area (Å²) in [5, 5.41) is 20.1. The van der Waals surface area contributed by atoms with E-state index in [1.807, 2.05) is 27.7 Å². The number of carboxylic acids is 2. The second kappa shape index (κ2) is 25.9. The van der Waals surface area contributed by atoms with Gasteiger partial charge in [0, 0.05) is 26.4 Å². The third-order valence-electron chi connectivity index (χ3n) is 7.89. The van der Waals surface area contributed by atoms with Crippen molar-refractivity contribution in [3.63, 3.8) is 0 Å². The van der Waals surface area contributed by atoms with Crippen molar-refractivity contribution in [1.82, 2.24) is 0 Å². The van der Waals surface area contributed by atoms with Crippen molar-refractivity contribution in [2.24, 2.45) is 0 Å². The number of ether oxygens (including phenoxy) is 6. The quantitative estimate of drug-likeness (QED) is 0.0629. The Hall–Kier alpha value is -2.08. The molecular formula is C36H62O10. The lowest BCUT2D eigenvalue weighted by atomic mass is 9.88. The molecular weight excluding hydrogens is 592 g/mol. The number of unbranched alkanes of at least 4 members (excludes halogenated alkanes) is 6. The lowest BCUT2D eigenvalue weighted by Gasteiger charge is -2.26. The van der Waals surface area contributed by atoms with Crippen molar-refractivity contribution >= 4 is 11.9 Å².